The number of rotatable bonds is 3. The molecule has 0 N–H and O–H groups in total. The number of fused-ring (bicyclic) bond motifs is 2. The minimum Gasteiger partial charge on any atom is -0.264 e. The van der Waals surface area contributed by atoms with Gasteiger partial charge in [-0.3, -0.25) is 9.97 Å². The Kier molecular flexibility index (Phi) is 4.47. The molecule has 0 fully saturated rings. The molecule has 0 aliphatic rings. The molecule has 0 bridgehead atoms. The summed E-state index contributed by atoms with van der Waals surface area (Å²) in [6, 6.07) is 34.6. The third-order valence-electron chi connectivity index (χ3n) is 6.01. The van der Waals surface area contributed by atoms with E-state index in [2.05, 4.69) is 94.9 Å². The number of nitrogens with zero attached hydrogens (tertiary/aromatic N) is 2. The van der Waals surface area contributed by atoms with Crippen LogP contribution in [0.15, 0.2) is 122 Å². The SMILES string of the molecule is c1ccc(-c2c3ccc(-c4cccnc4)cc3cc3cc(-c4cccnc4)ccc23)cc1. The highest BCUT2D eigenvalue weighted by atomic mass is 14.6. The van der Waals surface area contributed by atoms with Gasteiger partial charge in [-0.15, -0.1) is 0 Å². The Morgan fingerprint density at radius 3 is 1.44 bits per heavy atom. The van der Waals surface area contributed by atoms with E-state index in [0.29, 0.717) is 0 Å². The van der Waals surface area contributed by atoms with Crippen molar-refractivity contribution in [2.24, 2.45) is 0 Å². The van der Waals surface area contributed by atoms with Gasteiger partial charge in [0.2, 0.25) is 0 Å². The van der Waals surface area contributed by atoms with E-state index in [4.69, 9.17) is 0 Å². The zero-order valence-electron chi connectivity index (χ0n) is 17.4. The quantitative estimate of drug-likeness (QED) is 0.279. The molecule has 0 unspecified atom stereocenters. The lowest BCUT2D eigenvalue weighted by atomic mass is 9.89. The maximum atomic E-state index is 4.30. The van der Waals surface area contributed by atoms with Crippen molar-refractivity contribution in [2.45, 2.75) is 0 Å². The van der Waals surface area contributed by atoms with Crippen LogP contribution in [0.1, 0.15) is 0 Å². The van der Waals surface area contributed by atoms with Crippen LogP contribution in [0, 0.1) is 0 Å². The largest absolute Gasteiger partial charge is 0.264 e. The molecule has 0 radical (unpaired) electrons. The van der Waals surface area contributed by atoms with Crippen LogP contribution < -0.4 is 0 Å². The number of aromatic nitrogens is 2. The van der Waals surface area contributed by atoms with Crippen LogP contribution in [0.5, 0.6) is 0 Å². The molecule has 2 nitrogen and oxygen atoms in total. The molecule has 0 aliphatic heterocycles. The summed E-state index contributed by atoms with van der Waals surface area (Å²) in [7, 11) is 0. The van der Waals surface area contributed by atoms with Crippen molar-refractivity contribution in [3.8, 4) is 33.4 Å². The molecule has 6 aromatic rings. The molecular weight excluding hydrogens is 388 g/mol. The molecule has 6 rings (SSSR count). The van der Waals surface area contributed by atoms with Crippen molar-refractivity contribution < 1.29 is 0 Å². The monoisotopic (exact) mass is 408 g/mol. The highest BCUT2D eigenvalue weighted by Crippen LogP contribution is 2.39. The van der Waals surface area contributed by atoms with E-state index < -0.39 is 0 Å². The fraction of sp³-hybridized carbons (Fsp3) is 0. The zero-order valence-corrected chi connectivity index (χ0v) is 17.4. The van der Waals surface area contributed by atoms with Crippen LogP contribution in [0.3, 0.4) is 0 Å². The standard InChI is InChI=1S/C30H20N2/c1-2-6-21(7-3-1)30-28-12-10-22(24-8-4-14-31-19-24)16-26(28)18-27-17-23(11-13-29(27)30)25-9-5-15-32-20-25/h1-20H. The summed E-state index contributed by atoms with van der Waals surface area (Å²) in [5.41, 5.74) is 7.10. The van der Waals surface area contributed by atoms with Crippen LogP contribution in [-0.4, -0.2) is 9.97 Å². The number of hydrogen-bond acceptors (Lipinski definition) is 2. The average molecular weight is 409 g/mol. The first-order chi connectivity index (χ1) is 15.9. The van der Waals surface area contributed by atoms with Gasteiger partial charge in [0.1, 0.15) is 0 Å². The lowest BCUT2D eigenvalue weighted by Gasteiger charge is -2.14. The van der Waals surface area contributed by atoms with Gasteiger partial charge in [0.15, 0.2) is 0 Å². The molecule has 0 amide bonds. The molecular formula is C30H20N2. The van der Waals surface area contributed by atoms with Crippen LogP contribution in [0.4, 0.5) is 0 Å². The summed E-state index contributed by atoms with van der Waals surface area (Å²) in [5, 5.41) is 4.96. The number of hydrogen-bond donors (Lipinski definition) is 0. The Morgan fingerprint density at radius 2 is 0.938 bits per heavy atom. The normalized spacial score (nSPS) is 11.1. The minimum atomic E-state index is 1.12. The minimum absolute atomic E-state index is 1.12. The molecule has 0 saturated carbocycles. The maximum absolute atomic E-state index is 4.30. The van der Waals surface area contributed by atoms with Crippen LogP contribution >= 0.6 is 0 Å². The molecule has 0 atom stereocenters. The van der Waals surface area contributed by atoms with Crippen LogP contribution in [-0.2, 0) is 0 Å². The number of benzene rings is 4. The van der Waals surface area contributed by atoms with E-state index >= 15 is 0 Å². The van der Waals surface area contributed by atoms with Crippen molar-refractivity contribution >= 4 is 21.5 Å². The van der Waals surface area contributed by atoms with Gasteiger partial charge in [0, 0.05) is 35.9 Å². The van der Waals surface area contributed by atoms with Crippen molar-refractivity contribution in [3.63, 3.8) is 0 Å². The van der Waals surface area contributed by atoms with Crippen LogP contribution in [0.2, 0.25) is 0 Å². The van der Waals surface area contributed by atoms with E-state index in [1.807, 2.05) is 36.9 Å². The van der Waals surface area contributed by atoms with E-state index in [-0.39, 0.29) is 0 Å². The maximum Gasteiger partial charge on any atom is 0.0346 e. The lowest BCUT2D eigenvalue weighted by Crippen LogP contribution is -1.88. The molecule has 150 valence electrons. The van der Waals surface area contributed by atoms with Crippen molar-refractivity contribution in [3.05, 3.63) is 122 Å². The molecule has 2 heteroatoms. The first-order valence-electron chi connectivity index (χ1n) is 10.7. The highest BCUT2D eigenvalue weighted by Gasteiger charge is 2.12. The van der Waals surface area contributed by atoms with E-state index in [0.717, 1.165) is 11.1 Å². The summed E-state index contributed by atoms with van der Waals surface area (Å²) in [6.45, 7) is 0. The molecule has 2 heterocycles. The second-order valence-electron chi connectivity index (χ2n) is 7.97. The third-order valence-corrected chi connectivity index (χ3v) is 6.01. The highest BCUT2D eigenvalue weighted by molar-refractivity contribution is 6.14. The van der Waals surface area contributed by atoms with E-state index in [1.165, 1.54) is 43.8 Å². The first kappa shape index (κ1) is 18.5. The zero-order chi connectivity index (χ0) is 21.3. The Labute approximate surface area is 186 Å². The molecule has 2 aromatic heterocycles. The summed E-state index contributed by atoms with van der Waals surface area (Å²) >= 11 is 0. The van der Waals surface area contributed by atoms with Crippen molar-refractivity contribution in [1.29, 1.82) is 0 Å². The van der Waals surface area contributed by atoms with Gasteiger partial charge >= 0.3 is 0 Å². The Morgan fingerprint density at radius 1 is 0.406 bits per heavy atom. The summed E-state index contributed by atoms with van der Waals surface area (Å²) in [5.74, 6) is 0. The Bertz CT molecular complexity index is 1440. The molecule has 32 heavy (non-hydrogen) atoms. The fourth-order valence-corrected chi connectivity index (χ4v) is 4.47. The first-order valence-corrected chi connectivity index (χ1v) is 10.7. The molecule has 0 aliphatic carbocycles. The van der Waals surface area contributed by atoms with Gasteiger partial charge in [-0.2, -0.15) is 0 Å². The van der Waals surface area contributed by atoms with Gasteiger partial charge in [-0.05, 0) is 74.1 Å². The van der Waals surface area contributed by atoms with Gasteiger partial charge in [0.25, 0.3) is 0 Å². The van der Waals surface area contributed by atoms with Gasteiger partial charge < -0.3 is 0 Å². The second-order valence-corrected chi connectivity index (χ2v) is 7.97. The molecule has 0 spiro atoms. The summed E-state index contributed by atoms with van der Waals surface area (Å²) in [6.07, 6.45) is 7.46. The van der Waals surface area contributed by atoms with Crippen molar-refractivity contribution in [2.75, 3.05) is 0 Å². The van der Waals surface area contributed by atoms with E-state index in [1.54, 1.807) is 0 Å². The molecule has 0 saturated heterocycles. The topological polar surface area (TPSA) is 25.8 Å². The lowest BCUT2D eigenvalue weighted by molar-refractivity contribution is 1.33. The molecule has 4 aromatic carbocycles. The average Bonchev–Trinajstić information content (AvgIpc) is 2.88. The summed E-state index contributed by atoms with van der Waals surface area (Å²) in [4.78, 5) is 8.59. The smallest absolute Gasteiger partial charge is 0.0346 e. The Hall–Kier alpha value is -4.30. The van der Waals surface area contributed by atoms with E-state index in [9.17, 15) is 0 Å². The fourth-order valence-electron chi connectivity index (χ4n) is 4.47. The third kappa shape index (κ3) is 3.23. The van der Waals surface area contributed by atoms with Gasteiger partial charge in [-0.1, -0.05) is 66.7 Å². The van der Waals surface area contributed by atoms with Crippen molar-refractivity contribution in [1.82, 2.24) is 9.97 Å². The van der Waals surface area contributed by atoms with Crippen LogP contribution in [0.25, 0.3) is 54.9 Å². The summed E-state index contributed by atoms with van der Waals surface area (Å²) < 4.78 is 0. The predicted molar refractivity (Wildman–Crippen MR) is 133 cm³/mol. The predicted octanol–water partition coefficient (Wildman–Crippen LogP) is 7.78. The Balaban J connectivity index is 1.65. The second kappa shape index (κ2) is 7.75. The van der Waals surface area contributed by atoms with Gasteiger partial charge in [0.05, 0.1) is 0 Å². The van der Waals surface area contributed by atoms with Gasteiger partial charge in [-0.25, -0.2) is 0 Å². The number of pyridine rings is 2.